The minimum atomic E-state index is -0.190. The summed E-state index contributed by atoms with van der Waals surface area (Å²) in [4.78, 5) is 2.42. The van der Waals surface area contributed by atoms with Crippen molar-refractivity contribution in [3.05, 3.63) is 35.4 Å². The first-order valence-electron chi connectivity index (χ1n) is 6.73. The van der Waals surface area contributed by atoms with Crippen molar-refractivity contribution in [2.45, 2.75) is 45.2 Å². The summed E-state index contributed by atoms with van der Waals surface area (Å²) in [5.41, 5.74) is 9.00. The standard InChI is InChI=1S/C15H24N2/c1-3-13-6-8-14(9-7-13)12-15(2,16)17-10-4-5-11-17/h6-9H,3-5,10-12,16H2,1-2H3. The van der Waals surface area contributed by atoms with Crippen LogP contribution in [0.15, 0.2) is 24.3 Å². The molecule has 0 aromatic heterocycles. The number of nitrogens with zero attached hydrogens (tertiary/aromatic N) is 1. The smallest absolute Gasteiger partial charge is 0.0699 e. The van der Waals surface area contributed by atoms with E-state index in [2.05, 4.69) is 43.0 Å². The summed E-state index contributed by atoms with van der Waals surface area (Å²) in [6.07, 6.45) is 4.63. The van der Waals surface area contributed by atoms with Gasteiger partial charge in [0.2, 0.25) is 0 Å². The lowest BCUT2D eigenvalue weighted by Gasteiger charge is -2.35. The van der Waals surface area contributed by atoms with Crippen LogP contribution in [0.5, 0.6) is 0 Å². The van der Waals surface area contributed by atoms with Crippen LogP contribution in [-0.4, -0.2) is 23.7 Å². The van der Waals surface area contributed by atoms with Crippen LogP contribution in [0.4, 0.5) is 0 Å². The normalized spacial score (nSPS) is 20.4. The number of benzene rings is 1. The summed E-state index contributed by atoms with van der Waals surface area (Å²) in [7, 11) is 0. The van der Waals surface area contributed by atoms with Crippen molar-refractivity contribution < 1.29 is 0 Å². The molecule has 1 heterocycles. The largest absolute Gasteiger partial charge is 0.313 e. The molecule has 17 heavy (non-hydrogen) atoms. The van der Waals surface area contributed by atoms with E-state index in [9.17, 15) is 0 Å². The third-order valence-electron chi connectivity index (χ3n) is 3.82. The van der Waals surface area contributed by atoms with E-state index < -0.39 is 0 Å². The summed E-state index contributed by atoms with van der Waals surface area (Å²) >= 11 is 0. The van der Waals surface area contributed by atoms with E-state index in [-0.39, 0.29) is 5.66 Å². The Morgan fingerprint density at radius 1 is 1.12 bits per heavy atom. The first-order valence-corrected chi connectivity index (χ1v) is 6.73. The Morgan fingerprint density at radius 3 is 2.18 bits per heavy atom. The highest BCUT2D eigenvalue weighted by Gasteiger charge is 2.29. The molecule has 1 unspecified atom stereocenters. The molecule has 1 aromatic carbocycles. The van der Waals surface area contributed by atoms with Crippen molar-refractivity contribution in [3.8, 4) is 0 Å². The van der Waals surface area contributed by atoms with Gasteiger partial charge in [-0.25, -0.2) is 0 Å². The van der Waals surface area contributed by atoms with Crippen LogP contribution in [0, 0.1) is 0 Å². The van der Waals surface area contributed by atoms with Gasteiger partial charge in [0.1, 0.15) is 0 Å². The highest BCUT2D eigenvalue weighted by molar-refractivity contribution is 5.23. The van der Waals surface area contributed by atoms with Crippen molar-refractivity contribution in [3.63, 3.8) is 0 Å². The average molecular weight is 232 g/mol. The number of hydrogen-bond acceptors (Lipinski definition) is 2. The van der Waals surface area contributed by atoms with E-state index in [4.69, 9.17) is 5.73 Å². The maximum Gasteiger partial charge on any atom is 0.0699 e. The summed E-state index contributed by atoms with van der Waals surface area (Å²) in [5.74, 6) is 0. The van der Waals surface area contributed by atoms with Crippen LogP contribution in [0.1, 0.15) is 37.8 Å². The topological polar surface area (TPSA) is 29.3 Å². The lowest BCUT2D eigenvalue weighted by Crippen LogP contribution is -2.53. The second-order valence-electron chi connectivity index (χ2n) is 5.40. The zero-order chi connectivity index (χ0) is 12.3. The second kappa shape index (κ2) is 5.19. The van der Waals surface area contributed by atoms with Crippen molar-refractivity contribution in [1.29, 1.82) is 0 Å². The molecule has 1 aromatic rings. The van der Waals surface area contributed by atoms with Crippen molar-refractivity contribution in [2.75, 3.05) is 13.1 Å². The van der Waals surface area contributed by atoms with Gasteiger partial charge in [-0.2, -0.15) is 0 Å². The molecule has 0 saturated carbocycles. The van der Waals surface area contributed by atoms with Gasteiger partial charge in [0.15, 0.2) is 0 Å². The summed E-state index contributed by atoms with van der Waals surface area (Å²) in [6.45, 7) is 6.65. The molecular formula is C15H24N2. The molecule has 1 atom stereocenters. The van der Waals surface area contributed by atoms with Crippen molar-refractivity contribution >= 4 is 0 Å². The summed E-state index contributed by atoms with van der Waals surface area (Å²) in [6, 6.07) is 8.88. The summed E-state index contributed by atoms with van der Waals surface area (Å²) < 4.78 is 0. The second-order valence-corrected chi connectivity index (χ2v) is 5.40. The van der Waals surface area contributed by atoms with Gasteiger partial charge in [0.05, 0.1) is 5.66 Å². The van der Waals surface area contributed by atoms with E-state index >= 15 is 0 Å². The van der Waals surface area contributed by atoms with Crippen LogP contribution in [0.2, 0.25) is 0 Å². The molecule has 2 heteroatoms. The predicted molar refractivity (Wildman–Crippen MR) is 72.9 cm³/mol. The fourth-order valence-corrected chi connectivity index (χ4v) is 2.65. The molecule has 1 aliphatic rings. The molecule has 1 aliphatic heterocycles. The fraction of sp³-hybridized carbons (Fsp3) is 0.600. The van der Waals surface area contributed by atoms with Crippen LogP contribution in [0.25, 0.3) is 0 Å². The van der Waals surface area contributed by atoms with Gasteiger partial charge in [0.25, 0.3) is 0 Å². The molecule has 1 saturated heterocycles. The van der Waals surface area contributed by atoms with Gasteiger partial charge in [0, 0.05) is 6.42 Å². The SMILES string of the molecule is CCc1ccc(CC(C)(N)N2CCCC2)cc1. The van der Waals surface area contributed by atoms with Gasteiger partial charge in [-0.05, 0) is 50.4 Å². The van der Waals surface area contributed by atoms with Gasteiger partial charge < -0.3 is 5.73 Å². The van der Waals surface area contributed by atoms with E-state index in [1.165, 1.54) is 24.0 Å². The van der Waals surface area contributed by atoms with E-state index in [0.29, 0.717) is 0 Å². The van der Waals surface area contributed by atoms with Gasteiger partial charge in [-0.1, -0.05) is 31.2 Å². The minimum absolute atomic E-state index is 0.190. The Labute approximate surface area is 105 Å². The number of likely N-dealkylation sites (tertiary alicyclic amines) is 1. The number of aryl methyl sites for hydroxylation is 1. The molecule has 2 rings (SSSR count). The average Bonchev–Trinajstić information content (AvgIpc) is 2.84. The quantitative estimate of drug-likeness (QED) is 0.864. The predicted octanol–water partition coefficient (Wildman–Crippen LogP) is 2.56. The van der Waals surface area contributed by atoms with E-state index in [0.717, 1.165) is 25.9 Å². The fourth-order valence-electron chi connectivity index (χ4n) is 2.65. The molecule has 0 aliphatic carbocycles. The van der Waals surface area contributed by atoms with Gasteiger partial charge in [-0.15, -0.1) is 0 Å². The monoisotopic (exact) mass is 232 g/mol. The Morgan fingerprint density at radius 2 is 1.65 bits per heavy atom. The van der Waals surface area contributed by atoms with Crippen LogP contribution in [-0.2, 0) is 12.8 Å². The molecule has 94 valence electrons. The minimum Gasteiger partial charge on any atom is -0.313 e. The maximum atomic E-state index is 6.45. The van der Waals surface area contributed by atoms with E-state index in [1.54, 1.807) is 0 Å². The Bertz CT molecular complexity index is 348. The summed E-state index contributed by atoms with van der Waals surface area (Å²) in [5, 5.41) is 0. The molecule has 0 radical (unpaired) electrons. The maximum absolute atomic E-state index is 6.45. The van der Waals surface area contributed by atoms with Crippen molar-refractivity contribution in [1.82, 2.24) is 4.90 Å². The lowest BCUT2D eigenvalue weighted by atomic mass is 9.99. The molecule has 2 N–H and O–H groups in total. The highest BCUT2D eigenvalue weighted by Crippen LogP contribution is 2.21. The van der Waals surface area contributed by atoms with Gasteiger partial charge >= 0.3 is 0 Å². The molecule has 0 spiro atoms. The highest BCUT2D eigenvalue weighted by atomic mass is 15.3. The van der Waals surface area contributed by atoms with Crippen LogP contribution < -0.4 is 5.73 Å². The lowest BCUT2D eigenvalue weighted by molar-refractivity contribution is 0.142. The Hall–Kier alpha value is -0.860. The number of nitrogens with two attached hydrogens (primary N) is 1. The molecule has 0 bridgehead atoms. The zero-order valence-electron chi connectivity index (χ0n) is 11.1. The molecule has 2 nitrogen and oxygen atoms in total. The number of rotatable bonds is 4. The first kappa shape index (κ1) is 12.6. The first-order chi connectivity index (χ1) is 8.12. The van der Waals surface area contributed by atoms with Crippen LogP contribution >= 0.6 is 0 Å². The van der Waals surface area contributed by atoms with Crippen LogP contribution in [0.3, 0.4) is 0 Å². The third kappa shape index (κ3) is 3.08. The molecular weight excluding hydrogens is 208 g/mol. The van der Waals surface area contributed by atoms with Gasteiger partial charge in [-0.3, -0.25) is 4.90 Å². The molecule has 1 fully saturated rings. The number of hydrogen-bond donors (Lipinski definition) is 1. The zero-order valence-corrected chi connectivity index (χ0v) is 11.1. The molecule has 0 amide bonds. The third-order valence-corrected chi connectivity index (χ3v) is 3.82. The Kier molecular flexibility index (Phi) is 3.85. The van der Waals surface area contributed by atoms with Crippen molar-refractivity contribution in [2.24, 2.45) is 5.73 Å². The Balaban J connectivity index is 2.02. The van der Waals surface area contributed by atoms with E-state index in [1.807, 2.05) is 0 Å².